The lowest BCUT2D eigenvalue weighted by Crippen LogP contribution is -2.11. The molecule has 0 bridgehead atoms. The third kappa shape index (κ3) is 1.82. The number of hydrogen-bond donors (Lipinski definition) is 2. The Bertz CT molecular complexity index is 264. The molecule has 1 aromatic heterocycles. The second-order valence-corrected chi connectivity index (χ2v) is 3.06. The topological polar surface area (TPSA) is 67.2 Å². The van der Waals surface area contributed by atoms with Crippen molar-refractivity contribution in [1.82, 2.24) is 9.78 Å². The van der Waals surface area contributed by atoms with Gasteiger partial charge in [-0.25, -0.2) is 4.79 Å². The first-order chi connectivity index (χ1) is 5.11. The van der Waals surface area contributed by atoms with E-state index in [4.69, 9.17) is 5.11 Å². The molecule has 0 spiro atoms. The fraction of sp³-hybridized carbons (Fsp3) is 0.200. The number of rotatable bonds is 1. The summed E-state index contributed by atoms with van der Waals surface area (Å²) < 4.78 is 2.25. The molecule has 0 aromatic carbocycles. The van der Waals surface area contributed by atoms with Crippen LogP contribution in [0.5, 0.6) is 0 Å². The second kappa shape index (κ2) is 3.07. The molecule has 0 aliphatic rings. The van der Waals surface area contributed by atoms with Gasteiger partial charge in [0.15, 0.2) is 0 Å². The fourth-order valence-corrected chi connectivity index (χ4v) is 1.26. The zero-order valence-corrected chi connectivity index (χ0v) is 7.86. The van der Waals surface area contributed by atoms with Crippen LogP contribution in [0, 0.1) is 3.57 Å². The molecule has 0 aliphatic heterocycles. The summed E-state index contributed by atoms with van der Waals surface area (Å²) in [6, 6.07) is 0. The molecule has 0 radical (unpaired) electrons. The van der Waals surface area contributed by atoms with Crippen molar-refractivity contribution < 1.29 is 9.90 Å². The molecule has 60 valence electrons. The molecule has 0 saturated carbocycles. The normalized spacial score (nSPS) is 9.64. The molecule has 0 fully saturated rings. The monoisotopic (exact) mass is 267 g/mol. The zero-order valence-electron chi connectivity index (χ0n) is 5.71. The summed E-state index contributed by atoms with van der Waals surface area (Å²) in [5.74, 6) is 0.498. The van der Waals surface area contributed by atoms with Crippen LogP contribution in [0.25, 0.3) is 0 Å². The first-order valence-electron chi connectivity index (χ1n) is 2.78. The highest BCUT2D eigenvalue weighted by Gasteiger charge is 2.07. The summed E-state index contributed by atoms with van der Waals surface area (Å²) in [5.41, 5.74) is 0. The molecule has 2 N–H and O–H groups in total. The van der Waals surface area contributed by atoms with Crippen molar-refractivity contribution in [2.75, 3.05) is 5.32 Å². The lowest BCUT2D eigenvalue weighted by molar-refractivity contribution is 0.209. The first kappa shape index (κ1) is 8.31. The first-order valence-corrected chi connectivity index (χ1v) is 3.86. The van der Waals surface area contributed by atoms with Crippen LogP contribution in [-0.2, 0) is 7.05 Å². The van der Waals surface area contributed by atoms with E-state index in [9.17, 15) is 4.79 Å². The highest BCUT2D eigenvalue weighted by atomic mass is 127. The van der Waals surface area contributed by atoms with E-state index in [1.807, 2.05) is 22.6 Å². The number of nitrogens with one attached hydrogen (secondary N) is 1. The van der Waals surface area contributed by atoms with Gasteiger partial charge in [-0.05, 0) is 22.6 Å². The highest BCUT2D eigenvalue weighted by molar-refractivity contribution is 14.1. The van der Waals surface area contributed by atoms with Gasteiger partial charge in [-0.3, -0.25) is 10.00 Å². The maximum Gasteiger partial charge on any atom is 0.410 e. The number of carboxylic acid groups (broad SMARTS) is 1. The van der Waals surface area contributed by atoms with Crippen molar-refractivity contribution in [3.8, 4) is 0 Å². The number of carbonyl (C=O) groups is 1. The number of nitrogens with zero attached hydrogens (tertiary/aromatic N) is 2. The second-order valence-electron chi connectivity index (χ2n) is 1.89. The van der Waals surface area contributed by atoms with Gasteiger partial charge in [-0.1, -0.05) is 0 Å². The smallest absolute Gasteiger partial charge is 0.410 e. The van der Waals surface area contributed by atoms with Crippen LogP contribution in [0.2, 0.25) is 0 Å². The van der Waals surface area contributed by atoms with E-state index in [-0.39, 0.29) is 0 Å². The molecule has 0 aliphatic carbocycles. The Balaban J connectivity index is 2.92. The molecule has 1 amide bonds. The summed E-state index contributed by atoms with van der Waals surface area (Å²) in [4.78, 5) is 10.2. The minimum Gasteiger partial charge on any atom is -0.465 e. The maximum atomic E-state index is 10.2. The molecule has 6 heteroatoms. The van der Waals surface area contributed by atoms with Gasteiger partial charge in [0.25, 0.3) is 0 Å². The SMILES string of the molecule is Cn1ncc(I)c1NC(=O)O. The minimum atomic E-state index is -1.08. The quantitative estimate of drug-likeness (QED) is 0.749. The van der Waals surface area contributed by atoms with Crippen molar-refractivity contribution in [1.29, 1.82) is 0 Å². The molecule has 1 rings (SSSR count). The van der Waals surface area contributed by atoms with Gasteiger partial charge in [0, 0.05) is 7.05 Å². The van der Waals surface area contributed by atoms with Gasteiger partial charge in [-0.15, -0.1) is 0 Å². The Labute approximate surface area is 76.5 Å². The molecule has 1 heterocycles. The van der Waals surface area contributed by atoms with E-state index in [1.54, 1.807) is 13.2 Å². The molecule has 0 saturated heterocycles. The molecule has 0 unspecified atom stereocenters. The molecular weight excluding hydrogens is 261 g/mol. The van der Waals surface area contributed by atoms with Crippen LogP contribution >= 0.6 is 22.6 Å². The number of amides is 1. The van der Waals surface area contributed by atoms with Crippen LogP contribution in [0.15, 0.2) is 6.20 Å². The van der Waals surface area contributed by atoms with Crippen molar-refractivity contribution in [3.05, 3.63) is 9.77 Å². The van der Waals surface area contributed by atoms with Gasteiger partial charge in [-0.2, -0.15) is 5.10 Å². The van der Waals surface area contributed by atoms with Crippen molar-refractivity contribution in [3.63, 3.8) is 0 Å². The molecule has 11 heavy (non-hydrogen) atoms. The Morgan fingerprint density at radius 1 is 1.91 bits per heavy atom. The predicted octanol–water partition coefficient (Wildman–Crippen LogP) is 1.11. The van der Waals surface area contributed by atoms with Crippen molar-refractivity contribution >= 4 is 34.5 Å². The lowest BCUT2D eigenvalue weighted by Gasteiger charge is -2.00. The van der Waals surface area contributed by atoms with E-state index < -0.39 is 6.09 Å². The van der Waals surface area contributed by atoms with Crippen molar-refractivity contribution in [2.24, 2.45) is 7.05 Å². The average Bonchev–Trinajstić information content (AvgIpc) is 2.18. The van der Waals surface area contributed by atoms with E-state index in [0.717, 1.165) is 3.57 Å². The predicted molar refractivity (Wildman–Crippen MR) is 47.6 cm³/mol. The van der Waals surface area contributed by atoms with E-state index in [1.165, 1.54) is 4.68 Å². The Morgan fingerprint density at radius 3 is 2.91 bits per heavy atom. The van der Waals surface area contributed by atoms with Crippen LogP contribution in [0.1, 0.15) is 0 Å². The lowest BCUT2D eigenvalue weighted by atomic mass is 10.6. The fourth-order valence-electron chi connectivity index (χ4n) is 0.653. The van der Waals surface area contributed by atoms with E-state index >= 15 is 0 Å². The van der Waals surface area contributed by atoms with Crippen molar-refractivity contribution in [2.45, 2.75) is 0 Å². The Morgan fingerprint density at radius 2 is 2.55 bits per heavy atom. The highest BCUT2D eigenvalue weighted by Crippen LogP contribution is 2.15. The Kier molecular flexibility index (Phi) is 2.32. The summed E-state index contributed by atoms with van der Waals surface area (Å²) in [5, 5.41) is 14.5. The summed E-state index contributed by atoms with van der Waals surface area (Å²) in [7, 11) is 1.67. The maximum absolute atomic E-state index is 10.2. The third-order valence-electron chi connectivity index (χ3n) is 1.12. The summed E-state index contributed by atoms with van der Waals surface area (Å²) in [6.45, 7) is 0. The van der Waals surface area contributed by atoms with Crippen LogP contribution in [0.3, 0.4) is 0 Å². The Hall–Kier alpha value is -0.790. The van der Waals surface area contributed by atoms with E-state index in [2.05, 4.69) is 10.4 Å². The number of hydrogen-bond acceptors (Lipinski definition) is 2. The van der Waals surface area contributed by atoms with Gasteiger partial charge in [0.2, 0.25) is 0 Å². The van der Waals surface area contributed by atoms with E-state index in [0.29, 0.717) is 5.82 Å². The summed E-state index contributed by atoms with van der Waals surface area (Å²) >= 11 is 2.01. The minimum absolute atomic E-state index is 0.498. The molecular formula is C5H6IN3O2. The van der Waals surface area contributed by atoms with Gasteiger partial charge >= 0.3 is 6.09 Å². The number of halogens is 1. The number of anilines is 1. The van der Waals surface area contributed by atoms with Gasteiger partial charge in [0.1, 0.15) is 5.82 Å². The van der Waals surface area contributed by atoms with Crippen LogP contribution < -0.4 is 5.32 Å². The molecule has 5 nitrogen and oxygen atoms in total. The number of aryl methyl sites for hydroxylation is 1. The standard InChI is InChI=1S/C5H6IN3O2/c1-9-4(8-5(10)11)3(6)2-7-9/h2,8H,1H3,(H,10,11). The zero-order chi connectivity index (χ0) is 8.43. The molecule has 1 aromatic rings. The largest absolute Gasteiger partial charge is 0.465 e. The van der Waals surface area contributed by atoms with Gasteiger partial charge < -0.3 is 5.11 Å². The third-order valence-corrected chi connectivity index (χ3v) is 1.91. The average molecular weight is 267 g/mol. The summed E-state index contributed by atoms with van der Waals surface area (Å²) in [6.07, 6.45) is 0.512. The number of aromatic nitrogens is 2. The molecule has 0 atom stereocenters. The van der Waals surface area contributed by atoms with Crippen LogP contribution in [0.4, 0.5) is 10.6 Å². The van der Waals surface area contributed by atoms with Crippen LogP contribution in [-0.4, -0.2) is 21.0 Å². The van der Waals surface area contributed by atoms with Gasteiger partial charge in [0.05, 0.1) is 9.77 Å².